The molecule has 0 saturated heterocycles. The van der Waals surface area contributed by atoms with E-state index in [0.717, 1.165) is 0 Å². The van der Waals surface area contributed by atoms with Gasteiger partial charge in [0.1, 0.15) is 3.57 Å². The van der Waals surface area contributed by atoms with Crippen LogP contribution in [0.2, 0.25) is 5.02 Å². The molecular weight excluding hydrogens is 349 g/mol. The van der Waals surface area contributed by atoms with Gasteiger partial charge in [-0.05, 0) is 28.7 Å². The first-order valence-electron chi connectivity index (χ1n) is 3.44. The molecule has 0 amide bonds. The summed E-state index contributed by atoms with van der Waals surface area (Å²) in [6.45, 7) is 0. The summed E-state index contributed by atoms with van der Waals surface area (Å²) in [6, 6.07) is 1.13. The fourth-order valence-corrected chi connectivity index (χ4v) is 1.59. The molecule has 0 atom stereocenters. The van der Waals surface area contributed by atoms with Gasteiger partial charge in [0.15, 0.2) is 0 Å². The first-order chi connectivity index (χ1) is 6.73. The van der Waals surface area contributed by atoms with Crippen LogP contribution in [0.3, 0.4) is 0 Å². The van der Waals surface area contributed by atoms with Crippen LogP contribution in [0.1, 0.15) is 5.56 Å². The zero-order valence-electron chi connectivity index (χ0n) is 6.81. The summed E-state index contributed by atoms with van der Waals surface area (Å²) < 4.78 is 36.8. The molecule has 0 spiro atoms. The standard InChI is InChI=1S/C7H2ClF3INO2/c8-4-1-3(7(9,10)11)2-5(6(4)12)13(14)15/h1-2H. The van der Waals surface area contributed by atoms with Crippen molar-refractivity contribution in [3.05, 3.63) is 36.4 Å². The van der Waals surface area contributed by atoms with Crippen LogP contribution < -0.4 is 0 Å². The summed E-state index contributed by atoms with van der Waals surface area (Å²) in [6.07, 6.45) is -4.64. The summed E-state index contributed by atoms with van der Waals surface area (Å²) in [5.74, 6) is 0. The van der Waals surface area contributed by atoms with Gasteiger partial charge in [-0.1, -0.05) is 11.6 Å². The van der Waals surface area contributed by atoms with Crippen LogP contribution >= 0.6 is 34.2 Å². The molecule has 82 valence electrons. The number of alkyl halides is 3. The second-order valence-electron chi connectivity index (χ2n) is 2.55. The second kappa shape index (κ2) is 4.12. The molecule has 3 nitrogen and oxygen atoms in total. The van der Waals surface area contributed by atoms with E-state index in [2.05, 4.69) is 0 Å². The van der Waals surface area contributed by atoms with Crippen molar-refractivity contribution in [3.8, 4) is 0 Å². The minimum absolute atomic E-state index is 0.00716. The normalized spacial score (nSPS) is 11.5. The van der Waals surface area contributed by atoms with E-state index in [9.17, 15) is 23.3 Å². The quantitative estimate of drug-likeness (QED) is 0.438. The highest BCUT2D eigenvalue weighted by molar-refractivity contribution is 14.1. The highest BCUT2D eigenvalue weighted by Crippen LogP contribution is 2.37. The molecule has 15 heavy (non-hydrogen) atoms. The lowest BCUT2D eigenvalue weighted by Gasteiger charge is -2.07. The van der Waals surface area contributed by atoms with Crippen molar-refractivity contribution in [2.45, 2.75) is 6.18 Å². The van der Waals surface area contributed by atoms with Crippen LogP contribution in [0.25, 0.3) is 0 Å². The van der Waals surface area contributed by atoms with E-state index in [1.807, 2.05) is 0 Å². The number of rotatable bonds is 1. The lowest BCUT2D eigenvalue weighted by molar-refractivity contribution is -0.386. The molecule has 0 aliphatic rings. The van der Waals surface area contributed by atoms with Gasteiger partial charge in [0.2, 0.25) is 0 Å². The average Bonchev–Trinajstić information content (AvgIpc) is 2.06. The van der Waals surface area contributed by atoms with E-state index in [1.54, 1.807) is 0 Å². The Morgan fingerprint density at radius 3 is 2.33 bits per heavy atom. The van der Waals surface area contributed by atoms with Crippen molar-refractivity contribution in [2.24, 2.45) is 0 Å². The summed E-state index contributed by atoms with van der Waals surface area (Å²) >= 11 is 6.98. The van der Waals surface area contributed by atoms with Gasteiger partial charge in [-0.15, -0.1) is 0 Å². The fraction of sp³-hybridized carbons (Fsp3) is 0.143. The minimum Gasteiger partial charge on any atom is -0.258 e. The summed E-state index contributed by atoms with van der Waals surface area (Å²) in [4.78, 5) is 9.53. The van der Waals surface area contributed by atoms with Gasteiger partial charge >= 0.3 is 6.18 Å². The SMILES string of the molecule is O=[N+]([O-])c1cc(C(F)(F)F)cc(Cl)c1I. The Hall–Kier alpha value is -0.570. The van der Waals surface area contributed by atoms with Crippen molar-refractivity contribution in [3.63, 3.8) is 0 Å². The van der Waals surface area contributed by atoms with E-state index < -0.39 is 22.4 Å². The zero-order valence-corrected chi connectivity index (χ0v) is 9.72. The van der Waals surface area contributed by atoms with Crippen LogP contribution in [-0.2, 0) is 6.18 Å². The van der Waals surface area contributed by atoms with E-state index >= 15 is 0 Å². The van der Waals surface area contributed by atoms with Crippen LogP contribution in [0.4, 0.5) is 18.9 Å². The lowest BCUT2D eigenvalue weighted by Crippen LogP contribution is -2.06. The van der Waals surface area contributed by atoms with Gasteiger partial charge in [0, 0.05) is 6.07 Å². The maximum Gasteiger partial charge on any atom is 0.416 e. The van der Waals surface area contributed by atoms with Gasteiger partial charge in [0.05, 0.1) is 15.5 Å². The maximum absolute atomic E-state index is 12.3. The third-order valence-corrected chi connectivity index (χ3v) is 3.28. The number of hydrogen-bond acceptors (Lipinski definition) is 2. The molecule has 0 aliphatic carbocycles. The van der Waals surface area contributed by atoms with Crippen LogP contribution in [0.5, 0.6) is 0 Å². The Balaban J connectivity index is 3.43. The predicted octanol–water partition coefficient (Wildman–Crippen LogP) is 3.87. The fourth-order valence-electron chi connectivity index (χ4n) is 0.871. The molecule has 0 radical (unpaired) electrons. The molecule has 0 N–H and O–H groups in total. The largest absolute Gasteiger partial charge is 0.416 e. The highest BCUT2D eigenvalue weighted by Gasteiger charge is 2.33. The van der Waals surface area contributed by atoms with Gasteiger partial charge in [-0.25, -0.2) is 0 Å². The molecule has 0 fully saturated rings. The molecule has 0 unspecified atom stereocenters. The third-order valence-electron chi connectivity index (χ3n) is 1.53. The van der Waals surface area contributed by atoms with Gasteiger partial charge in [-0.3, -0.25) is 10.1 Å². The Morgan fingerprint density at radius 2 is 1.93 bits per heavy atom. The topological polar surface area (TPSA) is 43.1 Å². The van der Waals surface area contributed by atoms with Crippen molar-refractivity contribution in [1.29, 1.82) is 0 Å². The zero-order chi connectivity index (χ0) is 11.8. The molecule has 0 bridgehead atoms. The molecule has 8 heteroatoms. The molecule has 0 heterocycles. The number of nitro benzene ring substituents is 1. The van der Waals surface area contributed by atoms with Crippen LogP contribution in [-0.4, -0.2) is 4.92 Å². The Kier molecular flexibility index (Phi) is 3.44. The molecule has 0 aromatic heterocycles. The second-order valence-corrected chi connectivity index (χ2v) is 4.03. The number of halogens is 5. The van der Waals surface area contributed by atoms with E-state index in [-0.39, 0.29) is 8.59 Å². The number of nitro groups is 1. The van der Waals surface area contributed by atoms with Gasteiger partial charge < -0.3 is 0 Å². The molecule has 1 aromatic rings. The maximum atomic E-state index is 12.3. The highest BCUT2D eigenvalue weighted by atomic mass is 127. The molecule has 0 saturated carbocycles. The molecule has 1 rings (SSSR count). The summed E-state index contributed by atoms with van der Waals surface area (Å²) in [7, 11) is 0. The average molecular weight is 351 g/mol. The number of benzene rings is 1. The van der Waals surface area contributed by atoms with Crippen molar-refractivity contribution in [2.75, 3.05) is 0 Å². The first-order valence-corrected chi connectivity index (χ1v) is 4.90. The number of hydrogen-bond donors (Lipinski definition) is 0. The smallest absolute Gasteiger partial charge is 0.258 e. The Morgan fingerprint density at radius 1 is 1.40 bits per heavy atom. The first kappa shape index (κ1) is 12.5. The summed E-state index contributed by atoms with van der Waals surface area (Å²) in [5, 5.41) is 10.1. The Labute approximate surface area is 101 Å². The monoisotopic (exact) mass is 351 g/mol. The molecule has 1 aromatic carbocycles. The van der Waals surface area contributed by atoms with E-state index in [0.29, 0.717) is 12.1 Å². The van der Waals surface area contributed by atoms with Crippen molar-refractivity contribution < 1.29 is 18.1 Å². The van der Waals surface area contributed by atoms with E-state index in [1.165, 1.54) is 22.6 Å². The lowest BCUT2D eigenvalue weighted by atomic mass is 10.2. The predicted molar refractivity (Wildman–Crippen MR) is 55.8 cm³/mol. The molecule has 0 aliphatic heterocycles. The van der Waals surface area contributed by atoms with Crippen molar-refractivity contribution in [1.82, 2.24) is 0 Å². The molecular formula is C7H2ClF3INO2. The minimum atomic E-state index is -4.64. The number of nitrogens with zero attached hydrogens (tertiary/aromatic N) is 1. The van der Waals surface area contributed by atoms with Crippen LogP contribution in [0, 0.1) is 13.7 Å². The van der Waals surface area contributed by atoms with E-state index in [4.69, 9.17) is 11.6 Å². The summed E-state index contributed by atoms with van der Waals surface area (Å²) in [5.41, 5.74) is -1.77. The van der Waals surface area contributed by atoms with Crippen LogP contribution in [0.15, 0.2) is 12.1 Å². The van der Waals surface area contributed by atoms with Crippen molar-refractivity contribution >= 4 is 39.9 Å². The Bertz CT molecular complexity index is 421. The van der Waals surface area contributed by atoms with Gasteiger partial charge in [-0.2, -0.15) is 13.2 Å². The third kappa shape index (κ3) is 2.71. The van der Waals surface area contributed by atoms with Gasteiger partial charge in [0.25, 0.3) is 5.69 Å².